The number of carbonyl (C=O) groups is 1. The van der Waals surface area contributed by atoms with Crippen molar-refractivity contribution in [1.29, 1.82) is 0 Å². The fourth-order valence-electron chi connectivity index (χ4n) is 7.85. The summed E-state index contributed by atoms with van der Waals surface area (Å²) in [7, 11) is 0. The van der Waals surface area contributed by atoms with E-state index in [2.05, 4.69) is 13.8 Å². The summed E-state index contributed by atoms with van der Waals surface area (Å²) in [4.78, 5) is 12.5. The molecular formula is C20H28O3. The summed E-state index contributed by atoms with van der Waals surface area (Å²) in [5.41, 5.74) is -0.125. The highest BCUT2D eigenvalue weighted by molar-refractivity contribution is 5.98. The minimum absolute atomic E-state index is 0.00500. The van der Waals surface area contributed by atoms with Crippen LogP contribution in [0.1, 0.15) is 59.8 Å². The van der Waals surface area contributed by atoms with Crippen LogP contribution in [0.3, 0.4) is 0 Å². The van der Waals surface area contributed by atoms with E-state index in [1.807, 2.05) is 19.9 Å². The molecule has 1 heterocycles. The molecule has 1 saturated heterocycles. The Morgan fingerprint density at radius 1 is 1.13 bits per heavy atom. The van der Waals surface area contributed by atoms with Gasteiger partial charge in [0.2, 0.25) is 5.78 Å². The first-order valence-corrected chi connectivity index (χ1v) is 9.31. The molecule has 3 heteroatoms. The Morgan fingerprint density at radius 2 is 1.87 bits per heavy atom. The Labute approximate surface area is 138 Å². The molecule has 0 radical (unpaired) electrons. The minimum Gasteiger partial charge on any atom is -0.505 e. The van der Waals surface area contributed by atoms with Crippen LogP contribution < -0.4 is 0 Å². The summed E-state index contributed by atoms with van der Waals surface area (Å²) < 4.78 is 6.24. The molecular weight excluding hydrogens is 288 g/mol. The van der Waals surface area contributed by atoms with Crippen LogP contribution in [-0.4, -0.2) is 22.6 Å². The van der Waals surface area contributed by atoms with Crippen molar-refractivity contribution in [3.8, 4) is 0 Å². The Hall–Kier alpha value is -0.830. The first-order chi connectivity index (χ1) is 10.7. The predicted molar refractivity (Wildman–Crippen MR) is 86.9 cm³/mol. The topological polar surface area (TPSA) is 49.8 Å². The van der Waals surface area contributed by atoms with Crippen molar-refractivity contribution in [2.75, 3.05) is 0 Å². The second-order valence-electron chi connectivity index (χ2n) is 9.98. The van der Waals surface area contributed by atoms with Crippen molar-refractivity contribution in [3.05, 3.63) is 11.8 Å². The predicted octanol–water partition coefficient (Wildman–Crippen LogP) is 4.03. The zero-order chi connectivity index (χ0) is 16.4. The van der Waals surface area contributed by atoms with E-state index in [0.29, 0.717) is 17.9 Å². The van der Waals surface area contributed by atoms with Crippen LogP contribution in [0.5, 0.6) is 0 Å². The average molecular weight is 316 g/mol. The number of rotatable bonds is 0. The molecule has 7 atom stereocenters. The van der Waals surface area contributed by atoms with Gasteiger partial charge < -0.3 is 9.84 Å². The Bertz CT molecular complexity index is 649. The molecule has 1 N–H and O–H groups in total. The van der Waals surface area contributed by atoms with Crippen LogP contribution in [0.4, 0.5) is 0 Å². The molecule has 0 unspecified atom stereocenters. The third-order valence-electron chi connectivity index (χ3n) is 8.83. The van der Waals surface area contributed by atoms with Crippen LogP contribution >= 0.6 is 0 Å². The number of epoxide rings is 1. The van der Waals surface area contributed by atoms with Gasteiger partial charge in [-0.05, 0) is 68.3 Å². The molecule has 2 bridgehead atoms. The van der Waals surface area contributed by atoms with Gasteiger partial charge in [0, 0.05) is 10.8 Å². The number of hydrogen-bond donors (Lipinski definition) is 1. The first-order valence-electron chi connectivity index (χ1n) is 9.31. The number of aliphatic hydroxyl groups is 1. The van der Waals surface area contributed by atoms with E-state index in [1.54, 1.807) is 0 Å². The van der Waals surface area contributed by atoms with Crippen LogP contribution in [0.25, 0.3) is 0 Å². The first kappa shape index (κ1) is 14.5. The molecule has 0 amide bonds. The minimum atomic E-state index is -0.460. The molecule has 126 valence electrons. The van der Waals surface area contributed by atoms with E-state index >= 15 is 0 Å². The van der Waals surface area contributed by atoms with Gasteiger partial charge in [0.25, 0.3) is 0 Å². The highest BCUT2D eigenvalue weighted by Crippen LogP contribution is 2.77. The number of allylic oxidation sites excluding steroid dienone is 2. The standard InChI is InChI=1S/C20H28O3/c1-17(2)13-7-8-20-9-11(19(4)16(20)23-19)5-6-14(20)18(13,3)10-12(21)15(17)22/h10-11,13-14,16,21H,5-9H2,1-4H3/t11-,13-,14+,16+,18-,19+,20-/m1/s1. The van der Waals surface area contributed by atoms with Gasteiger partial charge in [-0.1, -0.05) is 20.8 Å². The molecule has 5 aliphatic rings. The summed E-state index contributed by atoms with van der Waals surface area (Å²) in [6.07, 6.45) is 8.39. The van der Waals surface area contributed by atoms with Gasteiger partial charge in [0.1, 0.15) is 0 Å². The van der Waals surface area contributed by atoms with E-state index in [0.717, 1.165) is 12.3 Å². The molecule has 0 aromatic rings. The zero-order valence-electron chi connectivity index (χ0n) is 14.7. The number of Topliss-reactive ketones (excluding diaryl/α,β-unsaturated/α-hetero) is 1. The average Bonchev–Trinajstić information content (AvgIpc) is 3.14. The zero-order valence-corrected chi connectivity index (χ0v) is 14.7. The summed E-state index contributed by atoms with van der Waals surface area (Å²) >= 11 is 0. The van der Waals surface area contributed by atoms with Crippen LogP contribution in [-0.2, 0) is 9.53 Å². The molecule has 4 aliphatic carbocycles. The van der Waals surface area contributed by atoms with Crippen LogP contribution in [0.15, 0.2) is 11.8 Å². The molecule has 0 aromatic heterocycles. The fourth-order valence-corrected chi connectivity index (χ4v) is 7.85. The van der Waals surface area contributed by atoms with Crippen molar-refractivity contribution < 1.29 is 14.6 Å². The molecule has 1 spiro atoms. The Kier molecular flexibility index (Phi) is 2.34. The van der Waals surface area contributed by atoms with Gasteiger partial charge in [0.15, 0.2) is 5.76 Å². The third kappa shape index (κ3) is 1.38. The molecule has 0 aromatic carbocycles. The maximum Gasteiger partial charge on any atom is 0.202 e. The highest BCUT2D eigenvalue weighted by atomic mass is 16.6. The quantitative estimate of drug-likeness (QED) is 0.687. The number of carbonyl (C=O) groups excluding carboxylic acids is 1. The largest absolute Gasteiger partial charge is 0.505 e. The fraction of sp³-hybridized carbons (Fsp3) is 0.850. The normalized spacial score (nSPS) is 58.8. The molecule has 3 saturated carbocycles. The number of aliphatic hydroxyl groups excluding tert-OH is 1. The maximum absolute atomic E-state index is 12.5. The van der Waals surface area contributed by atoms with Crippen molar-refractivity contribution in [2.45, 2.75) is 71.5 Å². The highest BCUT2D eigenvalue weighted by Gasteiger charge is 2.78. The molecule has 1 aliphatic heterocycles. The lowest BCUT2D eigenvalue weighted by Crippen LogP contribution is -2.58. The molecule has 4 fully saturated rings. The van der Waals surface area contributed by atoms with Crippen LogP contribution in [0.2, 0.25) is 0 Å². The maximum atomic E-state index is 12.5. The van der Waals surface area contributed by atoms with Crippen molar-refractivity contribution in [2.24, 2.45) is 34.0 Å². The van der Waals surface area contributed by atoms with E-state index in [9.17, 15) is 9.90 Å². The van der Waals surface area contributed by atoms with E-state index in [4.69, 9.17) is 4.74 Å². The Morgan fingerprint density at radius 3 is 2.61 bits per heavy atom. The number of hydrogen-bond acceptors (Lipinski definition) is 3. The van der Waals surface area contributed by atoms with Crippen molar-refractivity contribution in [3.63, 3.8) is 0 Å². The van der Waals surface area contributed by atoms with Gasteiger partial charge in [0.05, 0.1) is 11.7 Å². The monoisotopic (exact) mass is 316 g/mol. The van der Waals surface area contributed by atoms with E-state index in [1.165, 1.54) is 25.7 Å². The van der Waals surface area contributed by atoms with Gasteiger partial charge in [-0.2, -0.15) is 0 Å². The summed E-state index contributed by atoms with van der Waals surface area (Å²) in [5, 5.41) is 10.4. The lowest BCUT2D eigenvalue weighted by atomic mass is 9.42. The number of fused-ring (bicyclic) bond motifs is 5. The van der Waals surface area contributed by atoms with E-state index in [-0.39, 0.29) is 28.0 Å². The lowest BCUT2D eigenvalue weighted by Gasteiger charge is -2.61. The smallest absolute Gasteiger partial charge is 0.202 e. The van der Waals surface area contributed by atoms with Crippen molar-refractivity contribution in [1.82, 2.24) is 0 Å². The van der Waals surface area contributed by atoms with Gasteiger partial charge in [-0.15, -0.1) is 0 Å². The lowest BCUT2D eigenvalue weighted by molar-refractivity contribution is -0.152. The van der Waals surface area contributed by atoms with Crippen molar-refractivity contribution >= 4 is 5.78 Å². The second-order valence-corrected chi connectivity index (χ2v) is 9.98. The van der Waals surface area contributed by atoms with Crippen LogP contribution in [0, 0.1) is 34.0 Å². The summed E-state index contributed by atoms with van der Waals surface area (Å²) in [5.74, 6) is 1.53. The molecule has 5 rings (SSSR count). The molecule has 23 heavy (non-hydrogen) atoms. The SMILES string of the molecule is CC1(C)C(=O)C(O)=C[C@]2(C)[C@@H]1CC[C@@]13C[C@@H](CC[C@@H]21)[C@]1(C)O[C@H]31. The summed E-state index contributed by atoms with van der Waals surface area (Å²) in [6, 6.07) is 0. The number of ketones is 1. The summed E-state index contributed by atoms with van der Waals surface area (Å²) in [6.45, 7) is 8.70. The van der Waals surface area contributed by atoms with E-state index < -0.39 is 5.41 Å². The van der Waals surface area contributed by atoms with Gasteiger partial charge in [-0.25, -0.2) is 0 Å². The number of ether oxygens (including phenoxy) is 1. The molecule has 3 nitrogen and oxygen atoms in total. The Balaban J connectivity index is 1.65. The second kappa shape index (κ2) is 3.71. The third-order valence-corrected chi connectivity index (χ3v) is 8.83. The van der Waals surface area contributed by atoms with Gasteiger partial charge in [-0.3, -0.25) is 4.79 Å². The van der Waals surface area contributed by atoms with Gasteiger partial charge >= 0.3 is 0 Å².